The summed E-state index contributed by atoms with van der Waals surface area (Å²) >= 11 is 0. The molecule has 0 spiro atoms. The molecule has 0 bridgehead atoms. The van der Waals surface area contributed by atoms with Crippen LogP contribution >= 0.6 is 0 Å². The van der Waals surface area contributed by atoms with Crippen molar-refractivity contribution in [2.45, 2.75) is 55.9 Å². The van der Waals surface area contributed by atoms with E-state index in [1.807, 2.05) is 0 Å². The number of rotatable bonds is 2. The van der Waals surface area contributed by atoms with E-state index in [2.05, 4.69) is 55.4 Å². The summed E-state index contributed by atoms with van der Waals surface area (Å²) in [4.78, 5) is 0. The Labute approximate surface area is 119 Å². The van der Waals surface area contributed by atoms with Crippen molar-refractivity contribution in [3.05, 3.63) is 6.92 Å². The monoisotopic (exact) mass is 276 g/mol. The fourth-order valence-corrected chi connectivity index (χ4v) is 0.770. The SMILES string of the molecule is C.CC(C)C(C)C(C)C.[CH2-]C(C)C.[Y]. The summed E-state index contributed by atoms with van der Waals surface area (Å²) in [5.74, 6) is 3.14. The molecule has 1 heteroatoms. The van der Waals surface area contributed by atoms with Crippen molar-refractivity contribution in [2.75, 3.05) is 0 Å². The van der Waals surface area contributed by atoms with Crippen molar-refractivity contribution in [3.8, 4) is 0 Å². The van der Waals surface area contributed by atoms with Crippen molar-refractivity contribution < 1.29 is 32.7 Å². The van der Waals surface area contributed by atoms with Crippen molar-refractivity contribution >= 4 is 0 Å². The first-order valence-corrected chi connectivity index (χ1v) is 5.12. The molecule has 0 N–H and O–H groups in total. The summed E-state index contributed by atoms with van der Waals surface area (Å²) in [5.41, 5.74) is 0. The Morgan fingerprint density at radius 1 is 0.714 bits per heavy atom. The van der Waals surface area contributed by atoms with Crippen LogP contribution in [0.5, 0.6) is 0 Å². The normalized spacial score (nSPS) is 9.43. The van der Waals surface area contributed by atoms with Gasteiger partial charge in [-0.1, -0.05) is 55.9 Å². The Morgan fingerprint density at radius 3 is 0.857 bits per heavy atom. The van der Waals surface area contributed by atoms with Crippen molar-refractivity contribution in [2.24, 2.45) is 23.7 Å². The minimum absolute atomic E-state index is 0. The van der Waals surface area contributed by atoms with Gasteiger partial charge in [-0.15, -0.1) is 0 Å². The first kappa shape index (κ1) is 24.4. The van der Waals surface area contributed by atoms with Gasteiger partial charge in [0.25, 0.3) is 0 Å². The molecule has 0 saturated carbocycles. The van der Waals surface area contributed by atoms with E-state index in [-0.39, 0.29) is 40.1 Å². The third kappa shape index (κ3) is 23.2. The number of hydrogen-bond acceptors (Lipinski definition) is 0. The summed E-state index contributed by atoms with van der Waals surface area (Å²) in [6.07, 6.45) is 0. The van der Waals surface area contributed by atoms with E-state index in [9.17, 15) is 0 Å². The first-order chi connectivity index (χ1) is 5.29. The van der Waals surface area contributed by atoms with Gasteiger partial charge in [0, 0.05) is 32.7 Å². The maximum atomic E-state index is 3.64. The standard InChI is InChI=1S/C8H18.C4H9.CH4.Y/c1-6(2)8(5)7(3)4;1-4(2)3;;/h6-8H,1-5H3;4H,1H2,2-3H3;1H4;/q;-1;;. The van der Waals surface area contributed by atoms with Crippen LogP contribution in [0.2, 0.25) is 0 Å². The summed E-state index contributed by atoms with van der Waals surface area (Å²) in [6, 6.07) is 0. The molecule has 0 amide bonds. The van der Waals surface area contributed by atoms with Gasteiger partial charge in [-0.2, -0.15) is 5.92 Å². The molecule has 0 aliphatic rings. The Bertz CT molecular complexity index is 74.5. The molecule has 0 aromatic rings. The van der Waals surface area contributed by atoms with E-state index in [1.165, 1.54) is 0 Å². The largest absolute Gasteiger partial charge is 0.341 e. The first-order valence-electron chi connectivity index (χ1n) is 5.12. The molecule has 0 fully saturated rings. The summed E-state index contributed by atoms with van der Waals surface area (Å²) in [5, 5.41) is 0. The third-order valence-corrected chi connectivity index (χ3v) is 2.10. The number of hydrogen-bond donors (Lipinski definition) is 0. The molecule has 0 nitrogen and oxygen atoms in total. The van der Waals surface area contributed by atoms with Crippen LogP contribution in [0.1, 0.15) is 55.9 Å². The van der Waals surface area contributed by atoms with Gasteiger partial charge in [0.2, 0.25) is 0 Å². The van der Waals surface area contributed by atoms with Crippen LogP contribution in [0.3, 0.4) is 0 Å². The summed E-state index contributed by atoms with van der Waals surface area (Å²) < 4.78 is 0. The van der Waals surface area contributed by atoms with E-state index < -0.39 is 0 Å². The quantitative estimate of drug-likeness (QED) is 0.619. The average molecular weight is 276 g/mol. The summed E-state index contributed by atoms with van der Waals surface area (Å²) in [6.45, 7) is 19.2. The minimum atomic E-state index is 0. The molecule has 0 aliphatic heterocycles. The van der Waals surface area contributed by atoms with E-state index in [0.29, 0.717) is 5.92 Å². The zero-order valence-corrected chi connectivity index (χ0v) is 13.4. The van der Waals surface area contributed by atoms with Gasteiger partial charge in [0.15, 0.2) is 0 Å². The van der Waals surface area contributed by atoms with Gasteiger partial charge in [0.05, 0.1) is 0 Å². The van der Waals surface area contributed by atoms with Crippen molar-refractivity contribution in [3.63, 3.8) is 0 Å². The molecule has 14 heavy (non-hydrogen) atoms. The zero-order valence-electron chi connectivity index (χ0n) is 10.6. The van der Waals surface area contributed by atoms with Crippen LogP contribution in [0, 0.1) is 30.6 Å². The van der Waals surface area contributed by atoms with Gasteiger partial charge in [-0.25, -0.2) is 0 Å². The molecule has 0 aliphatic carbocycles. The van der Waals surface area contributed by atoms with Crippen LogP contribution in [0.15, 0.2) is 0 Å². The van der Waals surface area contributed by atoms with Gasteiger partial charge in [-0.05, 0) is 17.8 Å². The molecule has 87 valence electrons. The van der Waals surface area contributed by atoms with Crippen LogP contribution in [-0.2, 0) is 32.7 Å². The van der Waals surface area contributed by atoms with Crippen LogP contribution in [0.4, 0.5) is 0 Å². The minimum Gasteiger partial charge on any atom is -0.341 e. The molecular weight excluding hydrogens is 245 g/mol. The predicted octanol–water partition coefficient (Wildman–Crippen LogP) is 5.04. The van der Waals surface area contributed by atoms with E-state index in [4.69, 9.17) is 0 Å². The molecule has 1 radical (unpaired) electrons. The van der Waals surface area contributed by atoms with Crippen LogP contribution in [0.25, 0.3) is 0 Å². The molecule has 0 heterocycles. The molecule has 0 saturated heterocycles. The van der Waals surface area contributed by atoms with E-state index in [1.54, 1.807) is 0 Å². The topological polar surface area (TPSA) is 0 Å². The summed E-state index contributed by atoms with van der Waals surface area (Å²) in [7, 11) is 0. The Balaban J connectivity index is -0.0000000733. The second-order valence-corrected chi connectivity index (χ2v) is 4.74. The molecule has 0 atom stereocenters. The van der Waals surface area contributed by atoms with Gasteiger partial charge < -0.3 is 6.92 Å². The van der Waals surface area contributed by atoms with Crippen LogP contribution in [-0.4, -0.2) is 0 Å². The van der Waals surface area contributed by atoms with E-state index in [0.717, 1.165) is 17.8 Å². The molecular formula is C13H31Y-. The average Bonchev–Trinajstić information content (AvgIpc) is 1.84. The Morgan fingerprint density at radius 2 is 0.857 bits per heavy atom. The van der Waals surface area contributed by atoms with E-state index >= 15 is 0 Å². The fraction of sp³-hybridized carbons (Fsp3) is 0.923. The maximum absolute atomic E-state index is 3.64. The molecule has 0 aromatic carbocycles. The molecule has 0 rings (SSSR count). The van der Waals surface area contributed by atoms with Crippen LogP contribution < -0.4 is 0 Å². The molecule has 0 aromatic heterocycles. The zero-order chi connectivity index (χ0) is 10.3. The van der Waals surface area contributed by atoms with Crippen molar-refractivity contribution in [1.82, 2.24) is 0 Å². The maximum Gasteiger partial charge on any atom is 0 e. The molecule has 0 unspecified atom stereocenters. The second-order valence-electron chi connectivity index (χ2n) is 4.74. The van der Waals surface area contributed by atoms with Gasteiger partial charge in [0.1, 0.15) is 0 Å². The second kappa shape index (κ2) is 14.1. The van der Waals surface area contributed by atoms with Gasteiger partial charge >= 0.3 is 0 Å². The Hall–Kier alpha value is 1.10. The predicted molar refractivity (Wildman–Crippen MR) is 65.8 cm³/mol. The fourth-order valence-electron chi connectivity index (χ4n) is 0.770. The third-order valence-electron chi connectivity index (χ3n) is 2.10. The Kier molecular flexibility index (Phi) is 24.5. The van der Waals surface area contributed by atoms with Crippen molar-refractivity contribution in [1.29, 1.82) is 0 Å². The van der Waals surface area contributed by atoms with Gasteiger partial charge in [-0.3, -0.25) is 0 Å². The smallest absolute Gasteiger partial charge is 0 e.